The van der Waals surface area contributed by atoms with Crippen LogP contribution in [-0.4, -0.2) is 13.0 Å². The summed E-state index contributed by atoms with van der Waals surface area (Å²) in [4.78, 5) is -0.0741. The Morgan fingerprint density at radius 3 is 2.00 bits per heavy atom. The second-order valence-corrected chi connectivity index (χ2v) is 5.43. The number of hydrogen-bond donors (Lipinski definition) is 1. The van der Waals surface area contributed by atoms with E-state index >= 15 is 0 Å². The van der Waals surface area contributed by atoms with E-state index in [-0.39, 0.29) is 34.5 Å². The summed E-state index contributed by atoms with van der Waals surface area (Å²) < 4.78 is 29.2. The van der Waals surface area contributed by atoms with Gasteiger partial charge < -0.3 is 6.42 Å². The largest absolute Gasteiger partial charge is 1.00 e. The first-order chi connectivity index (χ1) is 8.52. The molecular formula is C14H23NaO3S. The SMILES string of the molecule is CCC[CH-]CCCC.O=S(=O)(O)c1ccccc1.[Na+]. The van der Waals surface area contributed by atoms with Gasteiger partial charge in [-0.25, -0.2) is 0 Å². The van der Waals surface area contributed by atoms with Crippen LogP contribution in [0.3, 0.4) is 0 Å². The molecule has 0 spiro atoms. The van der Waals surface area contributed by atoms with E-state index in [1.807, 2.05) is 0 Å². The smallest absolute Gasteiger partial charge is 0.328 e. The second kappa shape index (κ2) is 13.1. The quantitative estimate of drug-likeness (QED) is 0.370. The Morgan fingerprint density at radius 2 is 1.63 bits per heavy atom. The van der Waals surface area contributed by atoms with Crippen LogP contribution in [0.4, 0.5) is 0 Å². The minimum Gasteiger partial charge on any atom is -0.328 e. The molecule has 0 amide bonds. The molecule has 1 rings (SSSR count). The third-order valence-corrected chi connectivity index (χ3v) is 3.16. The van der Waals surface area contributed by atoms with Crippen molar-refractivity contribution in [3.05, 3.63) is 36.8 Å². The zero-order valence-electron chi connectivity index (χ0n) is 12.2. The zero-order valence-corrected chi connectivity index (χ0v) is 15.0. The molecule has 0 bridgehead atoms. The van der Waals surface area contributed by atoms with Gasteiger partial charge >= 0.3 is 29.6 Å². The van der Waals surface area contributed by atoms with E-state index in [0.717, 1.165) is 0 Å². The van der Waals surface area contributed by atoms with Crippen molar-refractivity contribution in [2.75, 3.05) is 0 Å². The maximum atomic E-state index is 10.4. The maximum Gasteiger partial charge on any atom is 1.00 e. The summed E-state index contributed by atoms with van der Waals surface area (Å²) in [6, 6.07) is 7.42. The van der Waals surface area contributed by atoms with Gasteiger partial charge in [-0.2, -0.15) is 21.3 Å². The molecule has 0 heterocycles. The molecule has 0 atom stereocenters. The van der Waals surface area contributed by atoms with Crippen LogP contribution in [0.1, 0.15) is 46.0 Å². The monoisotopic (exact) mass is 294 g/mol. The van der Waals surface area contributed by atoms with Gasteiger partial charge in [0.2, 0.25) is 0 Å². The number of rotatable bonds is 6. The molecule has 0 aromatic heterocycles. The van der Waals surface area contributed by atoms with Crippen molar-refractivity contribution >= 4 is 10.1 Å². The molecule has 0 aliphatic rings. The van der Waals surface area contributed by atoms with Crippen LogP contribution < -0.4 is 29.6 Å². The molecule has 5 heteroatoms. The minimum atomic E-state index is -4.00. The van der Waals surface area contributed by atoms with Crippen LogP contribution in [0, 0.1) is 6.42 Å². The van der Waals surface area contributed by atoms with Crippen LogP contribution in [0.25, 0.3) is 0 Å². The number of unbranched alkanes of at least 4 members (excludes halogenated alkanes) is 5. The molecule has 1 aromatic rings. The van der Waals surface area contributed by atoms with E-state index in [9.17, 15) is 8.42 Å². The van der Waals surface area contributed by atoms with Gasteiger partial charge in [-0.1, -0.05) is 51.3 Å². The van der Waals surface area contributed by atoms with E-state index in [4.69, 9.17) is 4.55 Å². The van der Waals surface area contributed by atoms with E-state index in [1.54, 1.807) is 18.2 Å². The Morgan fingerprint density at radius 1 is 1.05 bits per heavy atom. The van der Waals surface area contributed by atoms with Gasteiger partial charge in [-0.15, -0.1) is 0 Å². The van der Waals surface area contributed by atoms with Crippen molar-refractivity contribution in [3.63, 3.8) is 0 Å². The number of hydrogen-bond acceptors (Lipinski definition) is 2. The molecule has 1 N–H and O–H groups in total. The molecule has 0 fully saturated rings. The molecule has 1 aromatic carbocycles. The summed E-state index contributed by atoms with van der Waals surface area (Å²) in [6.07, 6.45) is 9.04. The minimum absolute atomic E-state index is 0. The van der Waals surface area contributed by atoms with Crippen molar-refractivity contribution in [1.82, 2.24) is 0 Å². The van der Waals surface area contributed by atoms with Gasteiger partial charge in [0.05, 0.1) is 4.90 Å². The molecule has 0 aliphatic carbocycles. The molecule has 0 saturated carbocycles. The molecule has 0 unspecified atom stereocenters. The summed E-state index contributed by atoms with van der Waals surface area (Å²) in [5, 5.41) is 0. The average Bonchev–Trinajstić information content (AvgIpc) is 2.36. The zero-order chi connectivity index (χ0) is 13.9. The first kappa shape index (κ1) is 21.4. The van der Waals surface area contributed by atoms with Crippen molar-refractivity contribution < 1.29 is 42.5 Å². The predicted molar refractivity (Wildman–Crippen MR) is 75.0 cm³/mol. The molecular weight excluding hydrogens is 271 g/mol. The van der Waals surface area contributed by atoms with Crippen LogP contribution in [0.5, 0.6) is 0 Å². The van der Waals surface area contributed by atoms with Crippen molar-refractivity contribution in [1.29, 1.82) is 0 Å². The van der Waals surface area contributed by atoms with Crippen LogP contribution in [-0.2, 0) is 10.1 Å². The third-order valence-electron chi connectivity index (χ3n) is 2.30. The Balaban J connectivity index is 0. The van der Waals surface area contributed by atoms with Crippen molar-refractivity contribution in [3.8, 4) is 0 Å². The Kier molecular flexibility index (Phi) is 14.8. The van der Waals surface area contributed by atoms with E-state index in [1.165, 1.54) is 44.2 Å². The average molecular weight is 294 g/mol. The maximum absolute atomic E-state index is 10.4. The molecule has 104 valence electrons. The standard InChI is InChI=1S/C8H17.C6H6O3S.Na/c1-3-5-7-8-6-4-2;7-10(8,9)6-4-2-1-3-5-6;/h7H,3-6,8H2,1-2H3;1-5H,(H,7,8,9);/q-1;;+1. The fraction of sp³-hybridized carbons (Fsp3) is 0.500. The Hall–Kier alpha value is 0.130. The first-order valence-corrected chi connectivity index (χ1v) is 7.80. The summed E-state index contributed by atoms with van der Waals surface area (Å²) in [5.74, 6) is 0. The molecule has 0 saturated heterocycles. The van der Waals surface area contributed by atoms with E-state index in [0.29, 0.717) is 0 Å². The van der Waals surface area contributed by atoms with Gasteiger partial charge in [0.25, 0.3) is 10.1 Å². The van der Waals surface area contributed by atoms with Crippen LogP contribution >= 0.6 is 0 Å². The van der Waals surface area contributed by atoms with Gasteiger partial charge in [0, 0.05) is 0 Å². The predicted octanol–water partition coefficient (Wildman–Crippen LogP) is 1.12. The van der Waals surface area contributed by atoms with E-state index < -0.39 is 10.1 Å². The Labute approximate surface area is 139 Å². The van der Waals surface area contributed by atoms with Gasteiger partial charge in [0.1, 0.15) is 0 Å². The molecule has 19 heavy (non-hydrogen) atoms. The van der Waals surface area contributed by atoms with Crippen molar-refractivity contribution in [2.24, 2.45) is 0 Å². The summed E-state index contributed by atoms with van der Waals surface area (Å²) >= 11 is 0. The normalized spacial score (nSPS) is 10.1. The topological polar surface area (TPSA) is 54.4 Å². The summed E-state index contributed by atoms with van der Waals surface area (Å²) in [5.41, 5.74) is 0. The fourth-order valence-corrected chi connectivity index (χ4v) is 1.79. The van der Waals surface area contributed by atoms with Gasteiger partial charge in [0.15, 0.2) is 0 Å². The fourth-order valence-electron chi connectivity index (χ4n) is 1.29. The Bertz CT molecular complexity index is 384. The van der Waals surface area contributed by atoms with E-state index in [2.05, 4.69) is 20.3 Å². The molecule has 3 nitrogen and oxygen atoms in total. The van der Waals surface area contributed by atoms with Gasteiger partial charge in [-0.05, 0) is 12.1 Å². The first-order valence-electron chi connectivity index (χ1n) is 6.36. The summed E-state index contributed by atoms with van der Waals surface area (Å²) in [6.45, 7) is 4.46. The second-order valence-electron chi connectivity index (χ2n) is 4.01. The van der Waals surface area contributed by atoms with Crippen molar-refractivity contribution in [2.45, 2.75) is 50.8 Å². The van der Waals surface area contributed by atoms with Gasteiger partial charge in [-0.3, -0.25) is 4.55 Å². The third kappa shape index (κ3) is 12.9. The molecule has 0 aliphatic heterocycles. The number of benzene rings is 1. The van der Waals surface area contributed by atoms with Crippen LogP contribution in [0.2, 0.25) is 0 Å². The summed E-state index contributed by atoms with van der Waals surface area (Å²) in [7, 11) is -4.00. The van der Waals surface area contributed by atoms with Crippen LogP contribution in [0.15, 0.2) is 35.2 Å². The molecule has 0 radical (unpaired) electrons.